The van der Waals surface area contributed by atoms with E-state index in [-0.39, 0.29) is 0 Å². The first-order chi connectivity index (χ1) is 12.7. The van der Waals surface area contributed by atoms with Gasteiger partial charge in [-0.15, -0.1) is 0 Å². The number of Topliss-reactive ketones (excluding diaryl/α,β-unsaturated/α-hetero) is 1. The fourth-order valence-corrected chi connectivity index (χ4v) is 4.45. The Kier molecular flexibility index (Phi) is 15.3. The maximum atomic E-state index is 10.9. The van der Waals surface area contributed by atoms with Crippen LogP contribution in [-0.4, -0.2) is 29.8 Å². The largest absolute Gasteiger partial charge is 0.300 e. The minimum atomic E-state index is 0.349. The molecule has 0 saturated carbocycles. The molecule has 0 amide bonds. The van der Waals surface area contributed by atoms with E-state index < -0.39 is 0 Å². The number of unbranched alkanes of at least 4 members (excludes halogenated alkanes) is 11. The van der Waals surface area contributed by atoms with Crippen molar-refractivity contribution in [2.75, 3.05) is 13.1 Å². The second-order valence-electron chi connectivity index (χ2n) is 8.64. The highest BCUT2D eigenvalue weighted by Gasteiger charge is 2.18. The van der Waals surface area contributed by atoms with Gasteiger partial charge in [0.2, 0.25) is 0 Å². The van der Waals surface area contributed by atoms with Gasteiger partial charge in [0.05, 0.1) is 0 Å². The number of rotatable bonds is 17. The van der Waals surface area contributed by atoms with Crippen molar-refractivity contribution in [2.45, 2.75) is 135 Å². The fraction of sp³-hybridized carbons (Fsp3) is 0.958. The molecule has 1 aliphatic heterocycles. The number of carbonyl (C=O) groups excluding carboxylic acids is 1. The molecule has 0 N–H and O–H groups in total. The van der Waals surface area contributed by atoms with Crippen LogP contribution in [0.3, 0.4) is 0 Å². The molecule has 1 fully saturated rings. The zero-order valence-corrected chi connectivity index (χ0v) is 18.1. The van der Waals surface area contributed by atoms with E-state index in [0.717, 1.165) is 18.9 Å². The van der Waals surface area contributed by atoms with Crippen LogP contribution in [0.1, 0.15) is 129 Å². The Balaban J connectivity index is 1.80. The normalized spacial score (nSPS) is 16.7. The zero-order valence-electron chi connectivity index (χ0n) is 18.1. The summed E-state index contributed by atoms with van der Waals surface area (Å²) >= 11 is 0. The average Bonchev–Trinajstić information content (AvgIpc) is 2.65. The van der Waals surface area contributed by atoms with Gasteiger partial charge in [-0.05, 0) is 52.1 Å². The monoisotopic (exact) mass is 365 g/mol. The lowest BCUT2D eigenvalue weighted by atomic mass is 10.00. The van der Waals surface area contributed by atoms with E-state index >= 15 is 0 Å². The molecular weight excluding hydrogens is 318 g/mol. The van der Waals surface area contributed by atoms with Crippen LogP contribution in [0, 0.1) is 0 Å². The van der Waals surface area contributed by atoms with Crippen molar-refractivity contribution >= 4 is 5.78 Å². The van der Waals surface area contributed by atoms with Crippen LogP contribution >= 0.6 is 0 Å². The molecule has 0 aromatic carbocycles. The first-order valence-corrected chi connectivity index (χ1v) is 12.0. The van der Waals surface area contributed by atoms with Gasteiger partial charge in [-0.1, -0.05) is 84.0 Å². The minimum Gasteiger partial charge on any atom is -0.300 e. The van der Waals surface area contributed by atoms with Gasteiger partial charge in [-0.25, -0.2) is 0 Å². The minimum absolute atomic E-state index is 0.349. The van der Waals surface area contributed by atoms with E-state index in [0.29, 0.717) is 5.78 Å². The van der Waals surface area contributed by atoms with E-state index in [2.05, 4.69) is 11.8 Å². The smallest absolute Gasteiger partial charge is 0.129 e. The highest BCUT2D eigenvalue weighted by Crippen LogP contribution is 2.19. The molecule has 1 unspecified atom stereocenters. The topological polar surface area (TPSA) is 20.3 Å². The lowest BCUT2D eigenvalue weighted by Crippen LogP contribution is -2.38. The third kappa shape index (κ3) is 12.9. The predicted molar refractivity (Wildman–Crippen MR) is 115 cm³/mol. The van der Waals surface area contributed by atoms with Crippen molar-refractivity contribution < 1.29 is 4.79 Å². The van der Waals surface area contributed by atoms with Gasteiger partial charge in [-0.2, -0.15) is 0 Å². The molecule has 1 aliphatic rings. The number of piperidine rings is 1. The molecule has 2 heteroatoms. The third-order valence-electron chi connectivity index (χ3n) is 6.19. The Morgan fingerprint density at radius 1 is 0.731 bits per heavy atom. The van der Waals surface area contributed by atoms with Gasteiger partial charge in [0.15, 0.2) is 0 Å². The van der Waals surface area contributed by atoms with Crippen molar-refractivity contribution in [1.29, 1.82) is 0 Å². The first-order valence-electron chi connectivity index (χ1n) is 12.0. The maximum absolute atomic E-state index is 10.9. The van der Waals surface area contributed by atoms with Crippen LogP contribution in [0.5, 0.6) is 0 Å². The van der Waals surface area contributed by atoms with Crippen LogP contribution in [0.2, 0.25) is 0 Å². The third-order valence-corrected chi connectivity index (χ3v) is 6.19. The molecule has 0 aromatic heterocycles. The molecule has 1 heterocycles. The zero-order chi connectivity index (χ0) is 18.9. The fourth-order valence-electron chi connectivity index (χ4n) is 4.45. The van der Waals surface area contributed by atoms with Crippen LogP contribution in [-0.2, 0) is 4.79 Å². The molecule has 1 rings (SSSR count). The number of hydrogen-bond donors (Lipinski definition) is 0. The summed E-state index contributed by atoms with van der Waals surface area (Å²) in [6.45, 7) is 6.80. The van der Waals surface area contributed by atoms with Gasteiger partial charge >= 0.3 is 0 Å². The van der Waals surface area contributed by atoms with E-state index in [1.54, 1.807) is 6.92 Å². The summed E-state index contributed by atoms with van der Waals surface area (Å²) < 4.78 is 0. The highest BCUT2D eigenvalue weighted by molar-refractivity contribution is 5.75. The van der Waals surface area contributed by atoms with Crippen molar-refractivity contribution in [1.82, 2.24) is 4.90 Å². The van der Waals surface area contributed by atoms with Crippen molar-refractivity contribution in [3.63, 3.8) is 0 Å². The highest BCUT2D eigenvalue weighted by atomic mass is 16.1. The van der Waals surface area contributed by atoms with Crippen molar-refractivity contribution in [3.05, 3.63) is 0 Å². The van der Waals surface area contributed by atoms with Gasteiger partial charge in [0.25, 0.3) is 0 Å². The summed E-state index contributed by atoms with van der Waals surface area (Å²) in [7, 11) is 0. The maximum Gasteiger partial charge on any atom is 0.129 e. The predicted octanol–water partition coefficient (Wildman–Crippen LogP) is 7.30. The Morgan fingerprint density at radius 2 is 1.19 bits per heavy atom. The van der Waals surface area contributed by atoms with E-state index in [1.165, 1.54) is 116 Å². The number of ketones is 1. The van der Waals surface area contributed by atoms with E-state index in [1.807, 2.05) is 0 Å². The van der Waals surface area contributed by atoms with Gasteiger partial charge in [0, 0.05) is 12.5 Å². The first kappa shape index (κ1) is 23.7. The summed E-state index contributed by atoms with van der Waals surface area (Å²) in [5, 5.41) is 0. The van der Waals surface area contributed by atoms with Crippen molar-refractivity contribution in [2.24, 2.45) is 0 Å². The Labute approximate surface area is 164 Å². The number of nitrogens with zero attached hydrogens (tertiary/aromatic N) is 1. The van der Waals surface area contributed by atoms with Gasteiger partial charge in [0.1, 0.15) is 5.78 Å². The van der Waals surface area contributed by atoms with Gasteiger partial charge < -0.3 is 9.69 Å². The molecule has 26 heavy (non-hydrogen) atoms. The molecule has 0 spiro atoms. The molecule has 0 radical (unpaired) electrons. The SMILES string of the molecule is CCC(CCCCCCCCCCCCCCC(C)=O)N1CCCCC1. The number of likely N-dealkylation sites (tertiary alicyclic amines) is 1. The summed E-state index contributed by atoms with van der Waals surface area (Å²) in [5.41, 5.74) is 0. The number of carbonyl (C=O) groups is 1. The Bertz CT molecular complexity index is 322. The molecule has 0 aliphatic carbocycles. The van der Waals surface area contributed by atoms with Crippen molar-refractivity contribution in [3.8, 4) is 0 Å². The Morgan fingerprint density at radius 3 is 1.65 bits per heavy atom. The molecule has 1 saturated heterocycles. The lowest BCUT2D eigenvalue weighted by Gasteiger charge is -2.34. The van der Waals surface area contributed by atoms with Crippen LogP contribution < -0.4 is 0 Å². The second kappa shape index (κ2) is 16.8. The van der Waals surface area contributed by atoms with E-state index in [9.17, 15) is 4.79 Å². The van der Waals surface area contributed by atoms with Gasteiger partial charge in [-0.3, -0.25) is 0 Å². The van der Waals surface area contributed by atoms with Crippen LogP contribution in [0.4, 0.5) is 0 Å². The molecule has 0 bridgehead atoms. The summed E-state index contributed by atoms with van der Waals surface area (Å²) in [4.78, 5) is 13.6. The lowest BCUT2D eigenvalue weighted by molar-refractivity contribution is -0.117. The summed E-state index contributed by atoms with van der Waals surface area (Å²) in [5.74, 6) is 0.349. The van der Waals surface area contributed by atoms with Crippen LogP contribution in [0.15, 0.2) is 0 Å². The second-order valence-corrected chi connectivity index (χ2v) is 8.64. The number of hydrogen-bond acceptors (Lipinski definition) is 2. The summed E-state index contributed by atoms with van der Waals surface area (Å²) in [6.07, 6.45) is 24.4. The molecule has 2 nitrogen and oxygen atoms in total. The molecule has 0 aromatic rings. The van der Waals surface area contributed by atoms with E-state index in [4.69, 9.17) is 0 Å². The molecule has 154 valence electrons. The molecular formula is C24H47NO. The summed E-state index contributed by atoms with van der Waals surface area (Å²) in [6, 6.07) is 0.866. The standard InChI is InChI=1S/C24H47NO/c1-3-24(25-21-17-14-18-22-25)20-16-13-11-9-7-5-4-6-8-10-12-15-19-23(2)26/h24H,3-22H2,1-2H3. The van der Waals surface area contributed by atoms with Crippen LogP contribution in [0.25, 0.3) is 0 Å². The average molecular weight is 366 g/mol. The molecule has 1 atom stereocenters. The Hall–Kier alpha value is -0.370. The quantitative estimate of drug-likeness (QED) is 0.252.